The number of ether oxygens (including phenoxy) is 3. The normalized spacial score (nSPS) is 12.8. The molecule has 0 aromatic carbocycles. The van der Waals surface area contributed by atoms with Gasteiger partial charge < -0.3 is 14.2 Å². The minimum Gasteiger partial charge on any atom is -0.462 e. The Labute approximate surface area is 495 Å². The highest BCUT2D eigenvalue weighted by atomic mass is 16.6. The summed E-state index contributed by atoms with van der Waals surface area (Å²) in [6.07, 6.45) is 72.5. The van der Waals surface area contributed by atoms with E-state index in [1.807, 2.05) is 0 Å². The van der Waals surface area contributed by atoms with Crippen LogP contribution in [-0.2, 0) is 28.6 Å². The van der Waals surface area contributed by atoms with Crippen LogP contribution < -0.4 is 0 Å². The van der Waals surface area contributed by atoms with Crippen molar-refractivity contribution in [2.24, 2.45) is 17.8 Å². The lowest BCUT2D eigenvalue weighted by molar-refractivity contribution is -0.167. The van der Waals surface area contributed by atoms with Gasteiger partial charge in [-0.3, -0.25) is 14.4 Å². The summed E-state index contributed by atoms with van der Waals surface area (Å²) >= 11 is 0. The molecule has 0 rings (SSSR count). The van der Waals surface area contributed by atoms with Crippen LogP contribution in [0.4, 0.5) is 0 Å². The quantitative estimate of drug-likeness (QED) is 0.0343. The lowest BCUT2D eigenvalue weighted by atomic mass is 9.99. The van der Waals surface area contributed by atoms with Crippen LogP contribution >= 0.6 is 0 Å². The third-order valence-corrected chi connectivity index (χ3v) is 17.6. The predicted octanol–water partition coefficient (Wildman–Crippen LogP) is 24.6. The molecular weight excluding hydrogens is 973 g/mol. The summed E-state index contributed by atoms with van der Waals surface area (Å²) in [4.78, 5) is 38.5. The average molecular weight is 1120 g/mol. The molecule has 0 N–H and O–H groups in total. The molecule has 0 aliphatic carbocycles. The Bertz CT molecular complexity index is 1230. The SMILES string of the molecule is CCC(C)CCCCCCCCCCCCCCCCCCCCC(=O)OC[C@H](COC(=O)CCCCCCCCCCCCCCCCC(C)CC)OC(=O)CCCCCCCCCCCCCCCCCCCCC(C)C. The Morgan fingerprint density at radius 3 is 0.658 bits per heavy atom. The zero-order chi connectivity index (χ0) is 57.6. The van der Waals surface area contributed by atoms with Crippen LogP contribution in [0.3, 0.4) is 0 Å². The number of carbonyl (C=O) groups excluding carboxylic acids is 3. The van der Waals surface area contributed by atoms with Gasteiger partial charge in [-0.05, 0) is 37.0 Å². The van der Waals surface area contributed by atoms with Crippen molar-refractivity contribution in [1.29, 1.82) is 0 Å². The van der Waals surface area contributed by atoms with Crippen molar-refractivity contribution in [3.63, 3.8) is 0 Å². The number of hydrogen-bond acceptors (Lipinski definition) is 6. The van der Waals surface area contributed by atoms with Crippen LogP contribution in [0.1, 0.15) is 414 Å². The highest BCUT2D eigenvalue weighted by Gasteiger charge is 2.20. The van der Waals surface area contributed by atoms with E-state index < -0.39 is 6.10 Å². The van der Waals surface area contributed by atoms with E-state index in [1.54, 1.807) is 0 Å². The van der Waals surface area contributed by atoms with E-state index >= 15 is 0 Å². The highest BCUT2D eigenvalue weighted by molar-refractivity contribution is 5.71. The molecule has 0 spiro atoms. The molecule has 0 aliphatic rings. The lowest BCUT2D eigenvalue weighted by Crippen LogP contribution is -2.30. The number of carbonyl (C=O) groups is 3. The van der Waals surface area contributed by atoms with E-state index in [4.69, 9.17) is 14.2 Å². The standard InChI is InChI=1S/C73H142O6/c1-7-68(5)60-54-48-42-36-30-24-18-14-10-12-15-19-26-32-38-44-50-56-62-71(74)77-65-70(66-78-72(75)63-57-51-45-39-33-27-22-21-25-31-37-43-49-55-61-69(6)8-2)79-73(76)64-58-52-46-40-34-28-20-16-11-9-13-17-23-29-35-41-47-53-59-67(3)4/h67-70H,7-66H2,1-6H3/t68?,69?,70-/m1/s1. The van der Waals surface area contributed by atoms with Gasteiger partial charge >= 0.3 is 17.9 Å². The van der Waals surface area contributed by atoms with Crippen molar-refractivity contribution < 1.29 is 28.6 Å². The molecule has 79 heavy (non-hydrogen) atoms. The first-order valence-electron chi connectivity index (χ1n) is 36.2. The fourth-order valence-corrected chi connectivity index (χ4v) is 11.4. The van der Waals surface area contributed by atoms with Gasteiger partial charge in [0.25, 0.3) is 0 Å². The molecule has 6 heteroatoms. The van der Waals surface area contributed by atoms with Crippen molar-refractivity contribution in [3.8, 4) is 0 Å². The second kappa shape index (κ2) is 64.0. The molecule has 0 saturated carbocycles. The van der Waals surface area contributed by atoms with Crippen LogP contribution in [0.25, 0.3) is 0 Å². The zero-order valence-electron chi connectivity index (χ0n) is 54.7. The lowest BCUT2D eigenvalue weighted by Gasteiger charge is -2.18. The summed E-state index contributed by atoms with van der Waals surface area (Å²) in [6.45, 7) is 13.9. The topological polar surface area (TPSA) is 78.9 Å². The zero-order valence-corrected chi connectivity index (χ0v) is 54.7. The number of esters is 3. The summed E-state index contributed by atoms with van der Waals surface area (Å²) in [7, 11) is 0. The highest BCUT2D eigenvalue weighted by Crippen LogP contribution is 2.21. The molecule has 0 bridgehead atoms. The van der Waals surface area contributed by atoms with E-state index in [9.17, 15) is 14.4 Å². The number of unbranched alkanes of at least 4 members (excludes halogenated alkanes) is 47. The molecule has 470 valence electrons. The molecule has 0 aromatic heterocycles. The van der Waals surface area contributed by atoms with E-state index in [0.29, 0.717) is 19.3 Å². The second-order valence-electron chi connectivity index (χ2n) is 26.2. The molecule has 3 atom stereocenters. The van der Waals surface area contributed by atoms with E-state index in [-0.39, 0.29) is 31.1 Å². The molecule has 0 aromatic rings. The summed E-state index contributed by atoms with van der Waals surface area (Å²) in [6, 6.07) is 0. The first kappa shape index (κ1) is 77.4. The Kier molecular flexibility index (Phi) is 62.7. The van der Waals surface area contributed by atoms with Gasteiger partial charge in [-0.25, -0.2) is 0 Å². The minimum absolute atomic E-state index is 0.0616. The maximum Gasteiger partial charge on any atom is 0.306 e. The third kappa shape index (κ3) is 63.8. The van der Waals surface area contributed by atoms with E-state index in [1.165, 1.54) is 295 Å². The smallest absolute Gasteiger partial charge is 0.306 e. The maximum atomic E-state index is 13.0. The van der Waals surface area contributed by atoms with Crippen molar-refractivity contribution in [2.45, 2.75) is 420 Å². The summed E-state index contributed by atoms with van der Waals surface area (Å²) in [5.41, 5.74) is 0. The first-order chi connectivity index (χ1) is 38.7. The Balaban J connectivity index is 4.28. The molecule has 0 amide bonds. The molecule has 0 fully saturated rings. The fraction of sp³-hybridized carbons (Fsp3) is 0.959. The van der Waals surface area contributed by atoms with Crippen molar-refractivity contribution in [1.82, 2.24) is 0 Å². The van der Waals surface area contributed by atoms with Crippen LogP contribution in [0, 0.1) is 17.8 Å². The van der Waals surface area contributed by atoms with Gasteiger partial charge in [0, 0.05) is 19.3 Å². The van der Waals surface area contributed by atoms with Gasteiger partial charge in [-0.2, -0.15) is 0 Å². The Morgan fingerprint density at radius 2 is 0.443 bits per heavy atom. The van der Waals surface area contributed by atoms with Crippen LogP contribution in [0.5, 0.6) is 0 Å². The third-order valence-electron chi connectivity index (χ3n) is 17.6. The van der Waals surface area contributed by atoms with Crippen LogP contribution in [-0.4, -0.2) is 37.2 Å². The molecule has 2 unspecified atom stereocenters. The monoisotopic (exact) mass is 1120 g/mol. The van der Waals surface area contributed by atoms with Gasteiger partial charge in [0.05, 0.1) is 0 Å². The van der Waals surface area contributed by atoms with Gasteiger partial charge in [0.15, 0.2) is 6.10 Å². The molecule has 0 heterocycles. The van der Waals surface area contributed by atoms with E-state index in [0.717, 1.165) is 75.5 Å². The van der Waals surface area contributed by atoms with Crippen molar-refractivity contribution in [3.05, 3.63) is 0 Å². The van der Waals surface area contributed by atoms with Crippen molar-refractivity contribution in [2.75, 3.05) is 13.2 Å². The first-order valence-corrected chi connectivity index (χ1v) is 36.2. The molecule has 0 radical (unpaired) electrons. The fourth-order valence-electron chi connectivity index (χ4n) is 11.4. The Morgan fingerprint density at radius 1 is 0.253 bits per heavy atom. The van der Waals surface area contributed by atoms with Crippen LogP contribution in [0.2, 0.25) is 0 Å². The maximum absolute atomic E-state index is 13.0. The largest absolute Gasteiger partial charge is 0.462 e. The van der Waals surface area contributed by atoms with Gasteiger partial charge in [-0.15, -0.1) is 0 Å². The number of hydrogen-bond donors (Lipinski definition) is 0. The Hall–Kier alpha value is -1.59. The van der Waals surface area contributed by atoms with Crippen molar-refractivity contribution >= 4 is 17.9 Å². The van der Waals surface area contributed by atoms with E-state index in [2.05, 4.69) is 41.5 Å². The average Bonchev–Trinajstić information content (AvgIpc) is 3.44. The molecule has 6 nitrogen and oxygen atoms in total. The molecule has 0 aliphatic heterocycles. The van der Waals surface area contributed by atoms with Gasteiger partial charge in [0.2, 0.25) is 0 Å². The number of rotatable bonds is 66. The van der Waals surface area contributed by atoms with Crippen LogP contribution in [0.15, 0.2) is 0 Å². The summed E-state index contributed by atoms with van der Waals surface area (Å²) in [5, 5.41) is 0. The summed E-state index contributed by atoms with van der Waals surface area (Å²) < 4.78 is 17.0. The minimum atomic E-state index is -0.766. The predicted molar refractivity (Wildman–Crippen MR) is 344 cm³/mol. The van der Waals surface area contributed by atoms with Gasteiger partial charge in [0.1, 0.15) is 13.2 Å². The molecular formula is C73H142O6. The second-order valence-corrected chi connectivity index (χ2v) is 26.2. The molecule has 0 saturated heterocycles. The van der Waals surface area contributed by atoms with Gasteiger partial charge in [-0.1, -0.05) is 375 Å². The summed E-state index contributed by atoms with van der Waals surface area (Å²) in [5.74, 6) is 1.84.